The molecule has 3 aliphatic rings. The average Bonchev–Trinajstić information content (AvgIpc) is 2.03. The molecule has 14 heavy (non-hydrogen) atoms. The van der Waals surface area contributed by atoms with Gasteiger partial charge in [0.15, 0.2) is 0 Å². The van der Waals surface area contributed by atoms with Crippen LogP contribution in [0.25, 0.3) is 0 Å². The summed E-state index contributed by atoms with van der Waals surface area (Å²) >= 11 is 0. The summed E-state index contributed by atoms with van der Waals surface area (Å²) in [7, 11) is 0. The molecule has 1 unspecified atom stereocenters. The number of fused-ring (bicyclic) bond motifs is 5. The summed E-state index contributed by atoms with van der Waals surface area (Å²) in [6, 6.07) is 0.844. The first-order chi connectivity index (χ1) is 6.55. The van der Waals surface area contributed by atoms with Crippen LogP contribution in [0.4, 0.5) is 0 Å². The second kappa shape index (κ2) is 3.84. The monoisotopic (exact) mass is 195 g/mol. The van der Waals surface area contributed by atoms with Crippen LogP contribution in [-0.4, -0.2) is 12.6 Å². The molecule has 1 atom stereocenters. The standard InChI is InChI=1S/C13H25N/c1-13(2,3)11-8-10-4-6-12(7-5-10)14-9-11/h10-12,14H,4-9H2,1-3H3. The lowest BCUT2D eigenvalue weighted by Crippen LogP contribution is -2.43. The van der Waals surface area contributed by atoms with E-state index in [1.807, 2.05) is 0 Å². The van der Waals surface area contributed by atoms with Crippen LogP contribution < -0.4 is 5.32 Å². The summed E-state index contributed by atoms with van der Waals surface area (Å²) in [5.74, 6) is 1.92. The Morgan fingerprint density at radius 3 is 2.21 bits per heavy atom. The molecule has 1 heteroatoms. The number of nitrogens with one attached hydrogen (secondary N) is 1. The van der Waals surface area contributed by atoms with Crippen molar-refractivity contribution in [2.24, 2.45) is 17.3 Å². The zero-order chi connectivity index (χ0) is 10.2. The fourth-order valence-electron chi connectivity index (χ4n) is 3.06. The molecule has 0 spiro atoms. The first-order valence-electron chi connectivity index (χ1n) is 6.29. The predicted octanol–water partition coefficient (Wildman–Crippen LogP) is 3.20. The molecule has 2 bridgehead atoms. The van der Waals surface area contributed by atoms with Gasteiger partial charge >= 0.3 is 0 Å². The minimum absolute atomic E-state index is 0.491. The van der Waals surface area contributed by atoms with Crippen LogP contribution in [0, 0.1) is 17.3 Å². The van der Waals surface area contributed by atoms with Gasteiger partial charge in [-0.2, -0.15) is 0 Å². The van der Waals surface area contributed by atoms with Gasteiger partial charge in [0, 0.05) is 6.04 Å². The molecular weight excluding hydrogens is 170 g/mol. The lowest BCUT2D eigenvalue weighted by Gasteiger charge is -2.41. The van der Waals surface area contributed by atoms with Gasteiger partial charge in [-0.15, -0.1) is 0 Å². The number of hydrogen-bond acceptors (Lipinski definition) is 1. The van der Waals surface area contributed by atoms with Crippen molar-refractivity contribution in [2.75, 3.05) is 6.54 Å². The summed E-state index contributed by atoms with van der Waals surface area (Å²) in [5.41, 5.74) is 0.491. The third kappa shape index (κ3) is 2.31. The van der Waals surface area contributed by atoms with Crippen molar-refractivity contribution in [3.8, 4) is 0 Å². The van der Waals surface area contributed by atoms with Crippen molar-refractivity contribution in [3.05, 3.63) is 0 Å². The number of hydrogen-bond donors (Lipinski definition) is 1. The Morgan fingerprint density at radius 1 is 1.00 bits per heavy atom. The van der Waals surface area contributed by atoms with Crippen LogP contribution in [0.3, 0.4) is 0 Å². The third-order valence-corrected chi connectivity index (χ3v) is 4.34. The first kappa shape index (κ1) is 10.5. The van der Waals surface area contributed by atoms with E-state index in [2.05, 4.69) is 26.1 Å². The fraction of sp³-hybridized carbons (Fsp3) is 1.00. The molecule has 0 aromatic heterocycles. The zero-order valence-electron chi connectivity index (χ0n) is 9.97. The molecule has 82 valence electrons. The van der Waals surface area contributed by atoms with Crippen molar-refractivity contribution in [1.82, 2.24) is 5.32 Å². The van der Waals surface area contributed by atoms with Gasteiger partial charge in [0.2, 0.25) is 0 Å². The SMILES string of the molecule is CC(C)(C)C1CNC2CCC(CC2)C1. The molecule has 2 aliphatic heterocycles. The van der Waals surface area contributed by atoms with E-state index >= 15 is 0 Å². The second-order valence-electron chi connectivity index (χ2n) is 6.42. The van der Waals surface area contributed by atoms with Crippen molar-refractivity contribution in [2.45, 2.75) is 58.9 Å². The molecule has 1 nitrogen and oxygen atoms in total. The van der Waals surface area contributed by atoms with Crippen LogP contribution in [0.5, 0.6) is 0 Å². The molecular formula is C13H25N. The van der Waals surface area contributed by atoms with Crippen LogP contribution in [0.1, 0.15) is 52.9 Å². The van der Waals surface area contributed by atoms with E-state index in [0.29, 0.717) is 5.41 Å². The Hall–Kier alpha value is -0.0400. The highest BCUT2D eigenvalue weighted by atomic mass is 14.9. The summed E-state index contributed by atoms with van der Waals surface area (Å²) in [6.45, 7) is 8.45. The van der Waals surface area contributed by atoms with Gasteiger partial charge in [-0.05, 0) is 55.9 Å². The Morgan fingerprint density at radius 2 is 1.64 bits per heavy atom. The first-order valence-corrected chi connectivity index (χ1v) is 6.29. The van der Waals surface area contributed by atoms with Crippen LogP contribution in [-0.2, 0) is 0 Å². The van der Waals surface area contributed by atoms with Gasteiger partial charge in [0.05, 0.1) is 0 Å². The molecule has 1 aliphatic carbocycles. The summed E-state index contributed by atoms with van der Waals surface area (Å²) < 4.78 is 0. The normalized spacial score (nSPS) is 39.2. The van der Waals surface area contributed by atoms with E-state index in [4.69, 9.17) is 0 Å². The zero-order valence-corrected chi connectivity index (χ0v) is 9.97. The van der Waals surface area contributed by atoms with E-state index in [-0.39, 0.29) is 0 Å². The molecule has 2 saturated heterocycles. The summed E-state index contributed by atoms with van der Waals surface area (Å²) in [4.78, 5) is 0. The van der Waals surface area contributed by atoms with Crippen LogP contribution in [0.2, 0.25) is 0 Å². The topological polar surface area (TPSA) is 12.0 Å². The minimum Gasteiger partial charge on any atom is -0.314 e. The van der Waals surface area contributed by atoms with Crippen molar-refractivity contribution in [1.29, 1.82) is 0 Å². The molecule has 1 N–H and O–H groups in total. The van der Waals surface area contributed by atoms with Crippen molar-refractivity contribution >= 4 is 0 Å². The molecule has 3 rings (SSSR count). The Balaban J connectivity index is 2.01. The molecule has 3 fully saturated rings. The van der Waals surface area contributed by atoms with Crippen LogP contribution >= 0.6 is 0 Å². The molecule has 2 heterocycles. The smallest absolute Gasteiger partial charge is 0.00673 e. The van der Waals surface area contributed by atoms with Crippen molar-refractivity contribution < 1.29 is 0 Å². The van der Waals surface area contributed by atoms with Gasteiger partial charge in [-0.3, -0.25) is 0 Å². The second-order valence-corrected chi connectivity index (χ2v) is 6.42. The lowest BCUT2D eigenvalue weighted by atomic mass is 9.70. The fourth-order valence-corrected chi connectivity index (χ4v) is 3.06. The highest BCUT2D eigenvalue weighted by Gasteiger charge is 2.32. The Bertz CT molecular complexity index is 184. The maximum absolute atomic E-state index is 3.77. The van der Waals surface area contributed by atoms with E-state index in [0.717, 1.165) is 17.9 Å². The Labute approximate surface area is 88.7 Å². The molecule has 0 radical (unpaired) electrons. The highest BCUT2D eigenvalue weighted by molar-refractivity contribution is 4.87. The summed E-state index contributed by atoms with van der Waals surface area (Å²) in [6.07, 6.45) is 7.28. The molecule has 1 saturated carbocycles. The van der Waals surface area contributed by atoms with E-state index in [1.54, 1.807) is 0 Å². The minimum atomic E-state index is 0.491. The van der Waals surface area contributed by atoms with Gasteiger partial charge in [0.25, 0.3) is 0 Å². The van der Waals surface area contributed by atoms with Gasteiger partial charge in [0.1, 0.15) is 0 Å². The molecule has 0 aromatic carbocycles. The van der Waals surface area contributed by atoms with E-state index in [1.165, 1.54) is 38.6 Å². The van der Waals surface area contributed by atoms with Gasteiger partial charge < -0.3 is 5.32 Å². The van der Waals surface area contributed by atoms with Gasteiger partial charge in [-0.25, -0.2) is 0 Å². The van der Waals surface area contributed by atoms with E-state index in [9.17, 15) is 0 Å². The largest absolute Gasteiger partial charge is 0.314 e. The predicted molar refractivity (Wildman–Crippen MR) is 61.3 cm³/mol. The molecule has 0 aromatic rings. The third-order valence-electron chi connectivity index (χ3n) is 4.34. The average molecular weight is 195 g/mol. The highest BCUT2D eigenvalue weighted by Crippen LogP contribution is 2.38. The Kier molecular flexibility index (Phi) is 2.88. The summed E-state index contributed by atoms with van der Waals surface area (Å²) in [5, 5.41) is 3.77. The van der Waals surface area contributed by atoms with E-state index < -0.39 is 0 Å². The van der Waals surface area contributed by atoms with Gasteiger partial charge in [-0.1, -0.05) is 20.8 Å². The molecule has 0 amide bonds. The quantitative estimate of drug-likeness (QED) is 0.626. The lowest BCUT2D eigenvalue weighted by molar-refractivity contribution is 0.129. The van der Waals surface area contributed by atoms with Crippen molar-refractivity contribution in [3.63, 3.8) is 0 Å². The maximum atomic E-state index is 3.77. The maximum Gasteiger partial charge on any atom is 0.00673 e. The number of rotatable bonds is 0. The van der Waals surface area contributed by atoms with Crippen LogP contribution in [0.15, 0.2) is 0 Å².